The van der Waals surface area contributed by atoms with Crippen LogP contribution in [0.4, 0.5) is 0 Å². The molecule has 6 heteroatoms. The van der Waals surface area contributed by atoms with Crippen LogP contribution in [-0.4, -0.2) is 47.6 Å². The third kappa shape index (κ3) is 26.9. The van der Waals surface area contributed by atoms with Gasteiger partial charge in [0, 0.05) is 12.8 Å². The summed E-state index contributed by atoms with van der Waals surface area (Å²) in [6.45, 7) is 3.81. The van der Waals surface area contributed by atoms with Crippen molar-refractivity contribution in [2.45, 2.75) is 122 Å². The summed E-state index contributed by atoms with van der Waals surface area (Å²) in [5, 5.41) is 19.3. The summed E-state index contributed by atoms with van der Waals surface area (Å²) in [5.74, 6) is -0.714. The van der Waals surface area contributed by atoms with Crippen LogP contribution in [0.3, 0.4) is 0 Å². The number of hydrogen-bond donors (Lipinski definition) is 2. The van der Waals surface area contributed by atoms with Crippen molar-refractivity contribution in [1.29, 1.82) is 0 Å². The molecule has 0 spiro atoms. The van der Waals surface area contributed by atoms with Gasteiger partial charge in [-0.05, 0) is 44.9 Å². The van der Waals surface area contributed by atoms with Crippen molar-refractivity contribution in [3.05, 3.63) is 60.8 Å². The zero-order valence-electron chi connectivity index (χ0n) is 24.5. The zero-order valence-corrected chi connectivity index (χ0v) is 24.5. The Morgan fingerprint density at radius 3 is 2.15 bits per heavy atom. The quantitative estimate of drug-likeness (QED) is 0.0534. The molecule has 0 aliphatic carbocycles. The lowest BCUT2D eigenvalue weighted by molar-refractivity contribution is -0.161. The molecule has 0 rings (SSSR count). The van der Waals surface area contributed by atoms with Crippen LogP contribution in [-0.2, 0) is 19.1 Å². The standard InChI is InChI=1S/C33H54O6/c1-3-5-7-9-13-18-22-26-32(36)38-29-31(28-34)39-33(37)27-23-19-15-12-11-14-17-21-25-30(35)24-20-16-10-8-6-4-2/h6,8,12,14-17,20-21,25,30-31,34-35H,3-5,7,9-11,13,18-19,22-24,26-29H2,1-2H3/b8-6-,15-12-,17-14-,20-16-,25-21+/t30?,31-/m0/s1. The molecule has 0 aromatic carbocycles. The van der Waals surface area contributed by atoms with Crippen molar-refractivity contribution in [3.63, 3.8) is 0 Å². The summed E-state index contributed by atoms with van der Waals surface area (Å²) < 4.78 is 10.4. The molecule has 0 fully saturated rings. The van der Waals surface area contributed by atoms with Crippen LogP contribution in [0, 0.1) is 0 Å². The van der Waals surface area contributed by atoms with Crippen molar-refractivity contribution < 1.29 is 29.3 Å². The maximum Gasteiger partial charge on any atom is 0.306 e. The average Bonchev–Trinajstić information content (AvgIpc) is 2.93. The first-order valence-electron chi connectivity index (χ1n) is 15.0. The Morgan fingerprint density at radius 1 is 0.744 bits per heavy atom. The number of esters is 2. The van der Waals surface area contributed by atoms with Crippen molar-refractivity contribution in [1.82, 2.24) is 0 Å². The van der Waals surface area contributed by atoms with Crippen molar-refractivity contribution in [2.24, 2.45) is 0 Å². The van der Waals surface area contributed by atoms with Crippen molar-refractivity contribution in [3.8, 4) is 0 Å². The van der Waals surface area contributed by atoms with E-state index in [2.05, 4.69) is 32.1 Å². The van der Waals surface area contributed by atoms with Crippen LogP contribution in [0.5, 0.6) is 0 Å². The van der Waals surface area contributed by atoms with E-state index in [0.29, 0.717) is 19.3 Å². The zero-order chi connectivity index (χ0) is 28.8. The minimum Gasteiger partial charge on any atom is -0.462 e. The van der Waals surface area contributed by atoms with Crippen LogP contribution in [0.25, 0.3) is 0 Å². The summed E-state index contributed by atoms with van der Waals surface area (Å²) in [4.78, 5) is 23.9. The van der Waals surface area contributed by atoms with Gasteiger partial charge in [0.05, 0.1) is 12.7 Å². The van der Waals surface area contributed by atoms with E-state index in [1.807, 2.05) is 36.5 Å². The van der Waals surface area contributed by atoms with Crippen LogP contribution >= 0.6 is 0 Å². The highest BCUT2D eigenvalue weighted by molar-refractivity contribution is 5.70. The molecule has 39 heavy (non-hydrogen) atoms. The van der Waals surface area contributed by atoms with Gasteiger partial charge >= 0.3 is 11.9 Å². The molecule has 0 aliphatic rings. The molecular weight excluding hydrogens is 492 g/mol. The van der Waals surface area contributed by atoms with Gasteiger partial charge in [-0.25, -0.2) is 0 Å². The van der Waals surface area contributed by atoms with Gasteiger partial charge in [-0.2, -0.15) is 0 Å². The Hall–Kier alpha value is -2.44. The number of hydrogen-bond acceptors (Lipinski definition) is 6. The lowest BCUT2D eigenvalue weighted by Gasteiger charge is -2.15. The minimum absolute atomic E-state index is 0.109. The minimum atomic E-state index is -0.818. The molecule has 0 amide bonds. The molecule has 2 atom stereocenters. The van der Waals surface area contributed by atoms with E-state index < -0.39 is 18.2 Å². The monoisotopic (exact) mass is 546 g/mol. The van der Waals surface area contributed by atoms with Crippen LogP contribution in [0.2, 0.25) is 0 Å². The second-order valence-electron chi connectivity index (χ2n) is 9.65. The molecular formula is C33H54O6. The molecule has 2 N–H and O–H groups in total. The number of aliphatic hydroxyl groups excluding tert-OH is 2. The smallest absolute Gasteiger partial charge is 0.306 e. The number of ether oxygens (including phenoxy) is 2. The fourth-order valence-corrected chi connectivity index (χ4v) is 3.61. The van der Waals surface area contributed by atoms with E-state index in [1.54, 1.807) is 6.08 Å². The first-order valence-corrected chi connectivity index (χ1v) is 15.0. The van der Waals surface area contributed by atoms with Crippen LogP contribution in [0.15, 0.2) is 60.8 Å². The predicted octanol–water partition coefficient (Wildman–Crippen LogP) is 7.47. The molecule has 0 heterocycles. The maximum absolute atomic E-state index is 12.0. The molecule has 0 saturated carbocycles. The average molecular weight is 547 g/mol. The molecule has 222 valence electrons. The highest BCUT2D eigenvalue weighted by Gasteiger charge is 2.15. The predicted molar refractivity (Wildman–Crippen MR) is 160 cm³/mol. The first kappa shape index (κ1) is 36.6. The lowest BCUT2D eigenvalue weighted by atomic mass is 10.1. The first-order chi connectivity index (χ1) is 19.0. The van der Waals surface area contributed by atoms with Crippen molar-refractivity contribution in [2.75, 3.05) is 13.2 Å². The Bertz CT molecular complexity index is 734. The normalized spacial score (nSPS) is 13.8. The Kier molecular flexibility index (Phi) is 26.8. The number of allylic oxidation sites excluding steroid dienone is 8. The Labute approximate surface area is 237 Å². The van der Waals surface area contributed by atoms with Gasteiger partial charge < -0.3 is 19.7 Å². The maximum atomic E-state index is 12.0. The molecule has 0 bridgehead atoms. The SMILES string of the molecule is CC/C=C\C/C=C\CC(O)/C=C/C=C\C/C=C\CCCC(=O)O[C@@H](CO)COC(=O)CCCCCCCCC. The molecule has 6 nitrogen and oxygen atoms in total. The number of carbonyl (C=O) groups is 2. The third-order valence-corrected chi connectivity index (χ3v) is 5.91. The molecule has 0 radical (unpaired) electrons. The summed E-state index contributed by atoms with van der Waals surface area (Å²) in [6.07, 6.45) is 31.8. The number of unbranched alkanes of at least 4 members (excludes halogenated alkanes) is 7. The van der Waals surface area contributed by atoms with Crippen LogP contribution < -0.4 is 0 Å². The van der Waals surface area contributed by atoms with Gasteiger partial charge in [0.25, 0.3) is 0 Å². The highest BCUT2D eigenvalue weighted by Crippen LogP contribution is 2.09. The fourth-order valence-electron chi connectivity index (χ4n) is 3.61. The van der Waals surface area contributed by atoms with E-state index in [1.165, 1.54) is 25.7 Å². The second-order valence-corrected chi connectivity index (χ2v) is 9.65. The molecule has 0 aliphatic heterocycles. The number of rotatable bonds is 25. The van der Waals surface area contributed by atoms with Gasteiger partial charge in [-0.1, -0.05) is 113 Å². The van der Waals surface area contributed by atoms with E-state index >= 15 is 0 Å². The summed E-state index contributed by atoms with van der Waals surface area (Å²) in [5.41, 5.74) is 0. The lowest BCUT2D eigenvalue weighted by Crippen LogP contribution is -2.28. The van der Waals surface area contributed by atoms with Gasteiger partial charge in [0.15, 0.2) is 6.10 Å². The van der Waals surface area contributed by atoms with E-state index in [4.69, 9.17) is 9.47 Å². The van der Waals surface area contributed by atoms with E-state index in [-0.39, 0.29) is 25.6 Å². The largest absolute Gasteiger partial charge is 0.462 e. The summed E-state index contributed by atoms with van der Waals surface area (Å²) in [7, 11) is 0. The van der Waals surface area contributed by atoms with E-state index in [9.17, 15) is 19.8 Å². The summed E-state index contributed by atoms with van der Waals surface area (Å²) >= 11 is 0. The molecule has 1 unspecified atom stereocenters. The highest BCUT2D eigenvalue weighted by atomic mass is 16.6. The van der Waals surface area contributed by atoms with Gasteiger partial charge in [0.2, 0.25) is 0 Å². The van der Waals surface area contributed by atoms with Crippen molar-refractivity contribution >= 4 is 11.9 Å². The van der Waals surface area contributed by atoms with Gasteiger partial charge in [-0.15, -0.1) is 0 Å². The van der Waals surface area contributed by atoms with Gasteiger partial charge in [0.1, 0.15) is 6.61 Å². The fraction of sp³-hybridized carbons (Fsp3) is 0.636. The number of aliphatic hydroxyl groups is 2. The third-order valence-electron chi connectivity index (χ3n) is 5.91. The van der Waals surface area contributed by atoms with Crippen LogP contribution in [0.1, 0.15) is 110 Å². The topological polar surface area (TPSA) is 93.1 Å². The molecule has 0 aromatic rings. The van der Waals surface area contributed by atoms with E-state index in [0.717, 1.165) is 44.9 Å². The number of carbonyl (C=O) groups excluding carboxylic acids is 2. The Morgan fingerprint density at radius 2 is 1.41 bits per heavy atom. The molecule has 0 aromatic heterocycles. The Balaban J connectivity index is 3.87. The van der Waals surface area contributed by atoms with Gasteiger partial charge in [-0.3, -0.25) is 9.59 Å². The molecule has 0 saturated heterocycles. The second kappa shape index (κ2) is 28.6. The summed E-state index contributed by atoms with van der Waals surface area (Å²) in [6, 6.07) is 0.